The Bertz CT molecular complexity index is 1800. The number of alkyl halides is 3. The number of aryl methyl sites for hydroxylation is 1. The summed E-state index contributed by atoms with van der Waals surface area (Å²) in [7, 11) is 1.59. The summed E-state index contributed by atoms with van der Waals surface area (Å²) in [4.78, 5) is 15.6. The van der Waals surface area contributed by atoms with E-state index in [9.17, 15) is 13.2 Å². The van der Waals surface area contributed by atoms with Gasteiger partial charge < -0.3 is 14.7 Å². The van der Waals surface area contributed by atoms with Gasteiger partial charge in [0.1, 0.15) is 22.8 Å². The van der Waals surface area contributed by atoms with Gasteiger partial charge in [-0.1, -0.05) is 54.6 Å². The lowest BCUT2D eigenvalue weighted by atomic mass is 9.75. The number of methoxy groups -OCH3 is 1. The van der Waals surface area contributed by atoms with Gasteiger partial charge in [0.15, 0.2) is 0 Å². The van der Waals surface area contributed by atoms with Gasteiger partial charge in [-0.3, -0.25) is 0 Å². The fourth-order valence-corrected chi connectivity index (χ4v) is 4.93. The van der Waals surface area contributed by atoms with E-state index in [1.54, 1.807) is 31.4 Å². The van der Waals surface area contributed by atoms with E-state index < -0.39 is 11.6 Å². The third-order valence-electron chi connectivity index (χ3n) is 7.36. The molecular formula is C31H25F3N4O. The highest BCUT2D eigenvalue weighted by molar-refractivity contribution is 5.81. The largest absolute Gasteiger partial charge is 0.497 e. The quantitative estimate of drug-likeness (QED) is 0.240. The van der Waals surface area contributed by atoms with Gasteiger partial charge in [0.25, 0.3) is 0 Å². The Kier molecular flexibility index (Phi) is 5.71. The number of H-pyrrole nitrogens is 2. The number of halogens is 3. The van der Waals surface area contributed by atoms with Crippen LogP contribution in [0.25, 0.3) is 44.8 Å². The lowest BCUT2D eigenvalue weighted by Gasteiger charge is -2.33. The Morgan fingerprint density at radius 1 is 0.667 bits per heavy atom. The van der Waals surface area contributed by atoms with Crippen molar-refractivity contribution in [2.75, 3.05) is 7.11 Å². The molecule has 196 valence electrons. The molecule has 6 aromatic rings. The molecule has 0 aliphatic rings. The molecule has 0 fully saturated rings. The molecule has 1 atom stereocenters. The molecule has 2 aromatic heterocycles. The third-order valence-corrected chi connectivity index (χ3v) is 7.36. The monoisotopic (exact) mass is 526 g/mol. The Hall–Kier alpha value is -4.59. The molecule has 4 aromatic carbocycles. The molecule has 0 aliphatic heterocycles. The number of nitrogens with one attached hydrogen (secondary N) is 2. The summed E-state index contributed by atoms with van der Waals surface area (Å²) < 4.78 is 49.2. The zero-order chi connectivity index (χ0) is 27.4. The summed E-state index contributed by atoms with van der Waals surface area (Å²) in [5.41, 5.74) is 3.81. The van der Waals surface area contributed by atoms with Crippen LogP contribution in [0, 0.1) is 6.92 Å². The van der Waals surface area contributed by atoms with Crippen molar-refractivity contribution in [3.05, 3.63) is 102 Å². The molecule has 6 rings (SSSR count). The van der Waals surface area contributed by atoms with E-state index in [2.05, 4.69) is 19.9 Å². The first kappa shape index (κ1) is 24.7. The van der Waals surface area contributed by atoms with Crippen LogP contribution in [0.2, 0.25) is 0 Å². The summed E-state index contributed by atoms with van der Waals surface area (Å²) in [6, 6.07) is 24.2. The van der Waals surface area contributed by atoms with Crippen LogP contribution in [0.4, 0.5) is 13.2 Å². The summed E-state index contributed by atoms with van der Waals surface area (Å²) in [6.07, 6.45) is -4.52. The van der Waals surface area contributed by atoms with Gasteiger partial charge >= 0.3 is 6.18 Å². The summed E-state index contributed by atoms with van der Waals surface area (Å²) in [6.45, 7) is 3.21. The molecule has 0 aliphatic carbocycles. The predicted octanol–water partition coefficient (Wildman–Crippen LogP) is 7.96. The number of hydrogen-bond acceptors (Lipinski definition) is 3. The molecule has 8 heteroatoms. The van der Waals surface area contributed by atoms with Crippen LogP contribution in [0.3, 0.4) is 0 Å². The summed E-state index contributed by atoms with van der Waals surface area (Å²) in [5.74, 6) is 1.88. The minimum atomic E-state index is -4.52. The number of fused-ring (bicyclic) bond motifs is 2. The molecule has 0 radical (unpaired) electrons. The normalized spacial score (nSPS) is 13.6. The number of imidazole rings is 2. The summed E-state index contributed by atoms with van der Waals surface area (Å²) >= 11 is 0. The molecule has 39 heavy (non-hydrogen) atoms. The van der Waals surface area contributed by atoms with Crippen molar-refractivity contribution in [3.8, 4) is 28.5 Å². The van der Waals surface area contributed by atoms with Crippen molar-refractivity contribution in [1.29, 1.82) is 0 Å². The van der Waals surface area contributed by atoms with E-state index in [1.165, 1.54) is 31.2 Å². The maximum atomic E-state index is 14.7. The van der Waals surface area contributed by atoms with E-state index >= 15 is 0 Å². The number of nitrogens with zero attached hydrogens (tertiary/aromatic N) is 2. The zero-order valence-corrected chi connectivity index (χ0v) is 21.5. The lowest BCUT2D eigenvalue weighted by molar-refractivity contribution is -0.173. The van der Waals surface area contributed by atoms with Crippen molar-refractivity contribution in [2.24, 2.45) is 0 Å². The second-order valence-corrected chi connectivity index (χ2v) is 9.85. The van der Waals surface area contributed by atoms with Gasteiger partial charge in [0, 0.05) is 17.2 Å². The van der Waals surface area contributed by atoms with Crippen LogP contribution in [-0.4, -0.2) is 33.2 Å². The predicted molar refractivity (Wildman–Crippen MR) is 147 cm³/mol. The first-order chi connectivity index (χ1) is 18.7. The first-order valence-corrected chi connectivity index (χ1v) is 12.4. The highest BCUT2D eigenvalue weighted by atomic mass is 19.4. The van der Waals surface area contributed by atoms with Crippen LogP contribution in [0.1, 0.15) is 23.6 Å². The van der Waals surface area contributed by atoms with Crippen molar-refractivity contribution >= 4 is 22.1 Å². The van der Waals surface area contributed by atoms with Gasteiger partial charge in [-0.2, -0.15) is 13.2 Å². The van der Waals surface area contributed by atoms with Crippen LogP contribution in [0.15, 0.2) is 84.9 Å². The van der Waals surface area contributed by atoms with Gasteiger partial charge in [-0.05, 0) is 54.8 Å². The van der Waals surface area contributed by atoms with Crippen LogP contribution >= 0.6 is 0 Å². The smallest absolute Gasteiger partial charge is 0.402 e. The molecule has 0 bridgehead atoms. The maximum Gasteiger partial charge on any atom is 0.402 e. The molecule has 0 amide bonds. The molecule has 5 nitrogen and oxygen atoms in total. The van der Waals surface area contributed by atoms with E-state index in [0.717, 1.165) is 27.6 Å². The van der Waals surface area contributed by atoms with E-state index in [0.29, 0.717) is 28.5 Å². The average Bonchev–Trinajstić information content (AvgIpc) is 3.55. The average molecular weight is 527 g/mol. The first-order valence-electron chi connectivity index (χ1n) is 12.4. The highest BCUT2D eigenvalue weighted by Gasteiger charge is 2.53. The van der Waals surface area contributed by atoms with E-state index in [4.69, 9.17) is 4.74 Å². The Morgan fingerprint density at radius 3 is 1.64 bits per heavy atom. The van der Waals surface area contributed by atoms with Crippen molar-refractivity contribution in [3.63, 3.8) is 0 Å². The zero-order valence-electron chi connectivity index (χ0n) is 21.5. The molecule has 2 N–H and O–H groups in total. The van der Waals surface area contributed by atoms with Gasteiger partial charge in [-0.25, -0.2) is 9.97 Å². The minimum Gasteiger partial charge on any atom is -0.497 e. The Morgan fingerprint density at radius 2 is 1.15 bits per heavy atom. The SMILES string of the molecule is COc1ccc2nc(-c3ccc(C(C)(c4ccc(-c5nc6ccc(C)cc6[nH]5)cc4)C(F)(F)F)cc3)[nH]c2c1. The van der Waals surface area contributed by atoms with Crippen LogP contribution in [-0.2, 0) is 5.41 Å². The molecule has 1 unspecified atom stereocenters. The summed E-state index contributed by atoms with van der Waals surface area (Å²) in [5, 5.41) is 0. The third kappa shape index (κ3) is 4.22. The fraction of sp³-hybridized carbons (Fsp3) is 0.161. The molecular weight excluding hydrogens is 501 g/mol. The van der Waals surface area contributed by atoms with Crippen molar-refractivity contribution in [2.45, 2.75) is 25.4 Å². The Balaban J connectivity index is 1.34. The molecule has 0 saturated carbocycles. The van der Waals surface area contributed by atoms with E-state index in [-0.39, 0.29) is 11.1 Å². The lowest BCUT2D eigenvalue weighted by Crippen LogP contribution is -2.40. The Labute approximate surface area is 222 Å². The number of ether oxygens (including phenoxy) is 1. The maximum absolute atomic E-state index is 14.7. The minimum absolute atomic E-state index is 0.142. The highest BCUT2D eigenvalue weighted by Crippen LogP contribution is 2.46. The van der Waals surface area contributed by atoms with Gasteiger partial charge in [-0.15, -0.1) is 0 Å². The number of benzene rings is 4. The number of rotatable bonds is 5. The standard InChI is InChI=1S/C31H25F3N4O/c1-18-4-14-24-26(16-18)37-28(35-24)19-5-9-21(10-6-19)30(2,31(32,33)34)22-11-7-20(8-12-22)29-36-25-15-13-23(39-3)17-27(25)38-29/h4-17H,1-3H3,(H,35,37)(H,36,38). The number of aromatic nitrogens is 4. The van der Waals surface area contributed by atoms with Crippen LogP contribution in [0.5, 0.6) is 5.75 Å². The van der Waals surface area contributed by atoms with Crippen molar-refractivity contribution < 1.29 is 17.9 Å². The topological polar surface area (TPSA) is 66.6 Å². The molecule has 2 heterocycles. The number of aromatic amines is 2. The molecule has 0 saturated heterocycles. The molecule has 0 spiro atoms. The second kappa shape index (κ2) is 9.01. The fourth-order valence-electron chi connectivity index (χ4n) is 4.93. The van der Waals surface area contributed by atoms with Gasteiger partial charge in [0.2, 0.25) is 0 Å². The van der Waals surface area contributed by atoms with Crippen molar-refractivity contribution in [1.82, 2.24) is 19.9 Å². The van der Waals surface area contributed by atoms with E-state index in [1.807, 2.05) is 43.3 Å². The number of hydrogen-bond donors (Lipinski definition) is 2. The van der Waals surface area contributed by atoms with Gasteiger partial charge in [0.05, 0.1) is 29.2 Å². The second-order valence-electron chi connectivity index (χ2n) is 9.85. The van der Waals surface area contributed by atoms with Crippen LogP contribution < -0.4 is 4.74 Å².